The Bertz CT molecular complexity index is 453. The van der Waals surface area contributed by atoms with Crippen LogP contribution >= 0.6 is 11.6 Å². The average Bonchev–Trinajstić information content (AvgIpc) is 2.49. The van der Waals surface area contributed by atoms with Crippen LogP contribution in [0.2, 0.25) is 0 Å². The summed E-state index contributed by atoms with van der Waals surface area (Å²) >= 11 is 5.99. The maximum absolute atomic E-state index is 12.1. The smallest absolute Gasteiger partial charge is 0.234 e. The summed E-state index contributed by atoms with van der Waals surface area (Å²) in [6.45, 7) is 5.06. The minimum absolute atomic E-state index is 0.0499. The van der Waals surface area contributed by atoms with Crippen LogP contribution in [0.1, 0.15) is 13.3 Å². The lowest BCUT2D eigenvalue weighted by Crippen LogP contribution is -2.59. The molecule has 0 aliphatic carbocycles. The molecule has 0 bridgehead atoms. The molecule has 1 amide bonds. The van der Waals surface area contributed by atoms with Crippen molar-refractivity contribution in [3.8, 4) is 0 Å². The van der Waals surface area contributed by atoms with E-state index in [1.165, 1.54) is 0 Å². The number of amides is 1. The molecule has 2 fully saturated rings. The molecule has 2 heterocycles. The van der Waals surface area contributed by atoms with E-state index < -0.39 is 21.3 Å². The minimum atomic E-state index is -3.11. The first-order valence-electron chi connectivity index (χ1n) is 7.00. The number of carbonyl (C=O) groups is 1. The second kappa shape index (κ2) is 6.60. The summed E-state index contributed by atoms with van der Waals surface area (Å²) < 4.78 is 22.9. The molecule has 2 unspecified atom stereocenters. The predicted molar refractivity (Wildman–Crippen MR) is 78.7 cm³/mol. The van der Waals surface area contributed by atoms with Crippen LogP contribution in [0.3, 0.4) is 0 Å². The van der Waals surface area contributed by atoms with Gasteiger partial charge < -0.3 is 10.6 Å². The number of hydrogen-bond acceptors (Lipinski definition) is 5. The molecule has 20 heavy (non-hydrogen) atoms. The van der Waals surface area contributed by atoms with Crippen LogP contribution in [0.5, 0.6) is 0 Å². The first-order chi connectivity index (χ1) is 9.41. The van der Waals surface area contributed by atoms with Gasteiger partial charge in [0.15, 0.2) is 9.84 Å². The Kier molecular flexibility index (Phi) is 5.28. The highest BCUT2D eigenvalue weighted by Gasteiger charge is 2.37. The summed E-state index contributed by atoms with van der Waals surface area (Å²) in [5.41, 5.74) is 0. The summed E-state index contributed by atoms with van der Waals surface area (Å²) in [5, 5.41) is 5.44. The first-order valence-corrected chi connectivity index (χ1v) is 9.25. The number of halogens is 1. The van der Waals surface area contributed by atoms with Gasteiger partial charge in [0.05, 0.1) is 29.5 Å². The van der Waals surface area contributed by atoms with Gasteiger partial charge in [-0.25, -0.2) is 8.42 Å². The van der Waals surface area contributed by atoms with Gasteiger partial charge in [-0.15, -0.1) is 11.6 Å². The van der Waals surface area contributed by atoms with E-state index >= 15 is 0 Å². The van der Waals surface area contributed by atoms with Crippen LogP contribution in [-0.4, -0.2) is 74.4 Å². The molecule has 0 aromatic heterocycles. The first kappa shape index (κ1) is 16.0. The van der Waals surface area contributed by atoms with Gasteiger partial charge in [-0.2, -0.15) is 0 Å². The molecule has 0 aromatic carbocycles. The maximum atomic E-state index is 12.1. The van der Waals surface area contributed by atoms with Crippen LogP contribution in [0.15, 0.2) is 0 Å². The number of nitrogens with zero attached hydrogens (tertiary/aromatic N) is 1. The molecule has 2 aliphatic heterocycles. The van der Waals surface area contributed by atoms with E-state index in [2.05, 4.69) is 22.5 Å². The zero-order chi connectivity index (χ0) is 14.8. The quantitative estimate of drug-likeness (QED) is 0.625. The van der Waals surface area contributed by atoms with Crippen molar-refractivity contribution in [3.05, 3.63) is 0 Å². The van der Waals surface area contributed by atoms with Crippen molar-refractivity contribution in [2.24, 2.45) is 0 Å². The Morgan fingerprint density at radius 2 is 2.10 bits per heavy atom. The Morgan fingerprint density at radius 3 is 2.55 bits per heavy atom. The van der Waals surface area contributed by atoms with Gasteiger partial charge in [0.2, 0.25) is 5.91 Å². The van der Waals surface area contributed by atoms with Gasteiger partial charge in [0.1, 0.15) is 0 Å². The Labute approximate surface area is 125 Å². The number of sulfone groups is 1. The maximum Gasteiger partial charge on any atom is 0.234 e. The van der Waals surface area contributed by atoms with Gasteiger partial charge in [0.25, 0.3) is 0 Å². The molecule has 116 valence electrons. The van der Waals surface area contributed by atoms with Gasteiger partial charge in [-0.05, 0) is 13.0 Å². The molecule has 8 heteroatoms. The van der Waals surface area contributed by atoms with E-state index in [0.717, 1.165) is 26.1 Å². The Balaban J connectivity index is 1.84. The monoisotopic (exact) mass is 323 g/mol. The second-order valence-corrected chi connectivity index (χ2v) is 8.26. The Morgan fingerprint density at radius 1 is 1.40 bits per heavy atom. The van der Waals surface area contributed by atoms with Crippen LogP contribution in [0, 0.1) is 0 Å². The van der Waals surface area contributed by atoms with E-state index in [0.29, 0.717) is 12.6 Å². The van der Waals surface area contributed by atoms with Crippen molar-refractivity contribution in [2.45, 2.75) is 30.8 Å². The normalized spacial score (nSPS) is 29.4. The molecule has 2 saturated heterocycles. The summed E-state index contributed by atoms with van der Waals surface area (Å²) in [7, 11) is -3.11. The molecule has 2 atom stereocenters. The van der Waals surface area contributed by atoms with Crippen LogP contribution in [-0.2, 0) is 14.6 Å². The summed E-state index contributed by atoms with van der Waals surface area (Å²) in [6.07, 6.45) is 0.986. The summed E-state index contributed by atoms with van der Waals surface area (Å²) in [4.78, 5) is 14.2. The van der Waals surface area contributed by atoms with Crippen molar-refractivity contribution in [1.29, 1.82) is 0 Å². The molecule has 0 saturated carbocycles. The van der Waals surface area contributed by atoms with Gasteiger partial charge >= 0.3 is 0 Å². The second-order valence-electron chi connectivity index (χ2n) is 5.55. The largest absolute Gasteiger partial charge is 0.350 e. The third-order valence-corrected chi connectivity index (χ3v) is 6.14. The van der Waals surface area contributed by atoms with Gasteiger partial charge in [-0.1, -0.05) is 6.92 Å². The van der Waals surface area contributed by atoms with E-state index in [9.17, 15) is 13.2 Å². The third-order valence-electron chi connectivity index (χ3n) is 3.76. The third kappa shape index (κ3) is 4.07. The van der Waals surface area contributed by atoms with E-state index in [1.54, 1.807) is 0 Å². The predicted octanol–water partition coefficient (Wildman–Crippen LogP) is -0.809. The number of alkyl halides is 1. The number of carbonyl (C=O) groups excluding carboxylic acids is 1. The fourth-order valence-corrected chi connectivity index (χ4v) is 5.13. The molecule has 6 nitrogen and oxygen atoms in total. The minimum Gasteiger partial charge on any atom is -0.350 e. The number of nitrogens with one attached hydrogen (secondary N) is 2. The molecule has 2 N–H and O–H groups in total. The molecule has 0 aromatic rings. The zero-order valence-electron chi connectivity index (χ0n) is 11.6. The highest BCUT2D eigenvalue weighted by Crippen LogP contribution is 2.18. The standard InChI is InChI=1S/C12H22ClN3O3S/c1-2-3-16(9-4-14-5-9)6-12(17)15-11-8-20(18,19)7-10(11)13/h9-11,14H,2-8H2,1H3,(H,15,17). The van der Waals surface area contributed by atoms with E-state index in [4.69, 9.17) is 11.6 Å². The fraction of sp³-hybridized carbons (Fsp3) is 0.917. The van der Waals surface area contributed by atoms with E-state index in [1.807, 2.05) is 0 Å². The molecule has 2 aliphatic rings. The Hall–Kier alpha value is -0.370. The number of rotatable bonds is 6. The van der Waals surface area contributed by atoms with Crippen molar-refractivity contribution < 1.29 is 13.2 Å². The average molecular weight is 324 g/mol. The molecule has 0 spiro atoms. The van der Waals surface area contributed by atoms with Gasteiger partial charge in [-0.3, -0.25) is 9.69 Å². The highest BCUT2D eigenvalue weighted by atomic mass is 35.5. The van der Waals surface area contributed by atoms with Crippen molar-refractivity contribution in [3.63, 3.8) is 0 Å². The van der Waals surface area contributed by atoms with Crippen LogP contribution < -0.4 is 10.6 Å². The molecular weight excluding hydrogens is 302 g/mol. The van der Waals surface area contributed by atoms with E-state index in [-0.39, 0.29) is 17.4 Å². The SMILES string of the molecule is CCCN(CC(=O)NC1CS(=O)(=O)CC1Cl)C1CNC1. The van der Waals surface area contributed by atoms with Crippen molar-refractivity contribution in [1.82, 2.24) is 15.5 Å². The lowest BCUT2D eigenvalue weighted by molar-refractivity contribution is -0.123. The van der Waals surface area contributed by atoms with Crippen molar-refractivity contribution >= 4 is 27.3 Å². The summed E-state index contributed by atoms with van der Waals surface area (Å²) in [6, 6.07) is -0.0584. The number of hydrogen-bond donors (Lipinski definition) is 2. The lowest BCUT2D eigenvalue weighted by Gasteiger charge is -2.37. The molecular formula is C12H22ClN3O3S. The summed E-state index contributed by atoms with van der Waals surface area (Å²) in [5.74, 6) is -0.241. The fourth-order valence-electron chi connectivity index (χ4n) is 2.58. The molecule has 0 radical (unpaired) electrons. The van der Waals surface area contributed by atoms with Gasteiger partial charge in [0, 0.05) is 19.1 Å². The highest BCUT2D eigenvalue weighted by molar-refractivity contribution is 7.91. The molecule has 2 rings (SSSR count). The van der Waals surface area contributed by atoms with Crippen LogP contribution in [0.4, 0.5) is 0 Å². The van der Waals surface area contributed by atoms with Crippen LogP contribution in [0.25, 0.3) is 0 Å². The van der Waals surface area contributed by atoms with Crippen molar-refractivity contribution in [2.75, 3.05) is 37.7 Å². The lowest BCUT2D eigenvalue weighted by atomic mass is 10.1. The zero-order valence-corrected chi connectivity index (χ0v) is 13.2. The topological polar surface area (TPSA) is 78.5 Å².